The largest absolute Gasteiger partial charge is 0.493 e. The number of benzene rings is 1. The van der Waals surface area contributed by atoms with Crippen molar-refractivity contribution in [3.63, 3.8) is 0 Å². The van der Waals surface area contributed by atoms with E-state index in [2.05, 4.69) is 15.0 Å². The minimum atomic E-state index is -0.437. The van der Waals surface area contributed by atoms with E-state index in [0.717, 1.165) is 44.2 Å². The highest BCUT2D eigenvalue weighted by Gasteiger charge is 2.31. The Labute approximate surface area is 190 Å². The van der Waals surface area contributed by atoms with Crippen LogP contribution in [0.15, 0.2) is 36.9 Å². The monoisotopic (exact) mass is 441 g/mol. The van der Waals surface area contributed by atoms with Crippen LogP contribution in [-0.4, -0.2) is 75.1 Å². The summed E-state index contributed by atoms with van der Waals surface area (Å²) in [5.41, 5.74) is 0.538. The van der Waals surface area contributed by atoms with Crippen molar-refractivity contribution in [2.75, 3.05) is 32.8 Å². The highest BCUT2D eigenvalue weighted by Crippen LogP contribution is 2.29. The van der Waals surface area contributed by atoms with Gasteiger partial charge in [0.1, 0.15) is 24.0 Å². The van der Waals surface area contributed by atoms with Gasteiger partial charge < -0.3 is 14.4 Å². The van der Waals surface area contributed by atoms with E-state index in [9.17, 15) is 4.79 Å². The molecule has 1 aromatic heterocycles. The predicted octanol–water partition coefficient (Wildman–Crippen LogP) is 3.76. The van der Waals surface area contributed by atoms with E-state index in [1.165, 1.54) is 32.0 Å². The van der Waals surface area contributed by atoms with Crippen molar-refractivity contribution in [3.8, 4) is 11.4 Å². The first-order chi connectivity index (χ1) is 15.4. The zero-order valence-electron chi connectivity index (χ0n) is 19.4. The Bertz CT molecular complexity index is 847. The third-order valence-corrected chi connectivity index (χ3v) is 6.30. The topological polar surface area (TPSA) is 72.7 Å². The van der Waals surface area contributed by atoms with Gasteiger partial charge in [0.2, 0.25) is 0 Å². The number of hydrogen-bond donors (Lipinski definition) is 0. The second kappa shape index (κ2) is 9.90. The van der Waals surface area contributed by atoms with Crippen LogP contribution in [0, 0.1) is 5.92 Å². The molecule has 2 fully saturated rings. The molecule has 2 heterocycles. The fourth-order valence-electron chi connectivity index (χ4n) is 4.52. The summed E-state index contributed by atoms with van der Waals surface area (Å²) in [6.45, 7) is 9.88. The van der Waals surface area contributed by atoms with Crippen LogP contribution in [0.5, 0.6) is 5.75 Å². The highest BCUT2D eigenvalue weighted by molar-refractivity contribution is 5.68. The van der Waals surface area contributed by atoms with Gasteiger partial charge in [-0.25, -0.2) is 14.5 Å². The summed E-state index contributed by atoms with van der Waals surface area (Å²) in [7, 11) is 0. The lowest BCUT2D eigenvalue weighted by Gasteiger charge is -2.42. The van der Waals surface area contributed by atoms with Crippen molar-refractivity contribution >= 4 is 6.09 Å². The first-order valence-electron chi connectivity index (χ1n) is 11.7. The lowest BCUT2D eigenvalue weighted by molar-refractivity contribution is 0.00654. The van der Waals surface area contributed by atoms with Crippen molar-refractivity contribution in [2.24, 2.45) is 5.92 Å². The molecular weight excluding hydrogens is 406 g/mol. The minimum Gasteiger partial charge on any atom is -0.493 e. The summed E-state index contributed by atoms with van der Waals surface area (Å²) in [6.07, 6.45) is 7.81. The number of amides is 1. The number of hydrogen-bond acceptors (Lipinski definition) is 6. The van der Waals surface area contributed by atoms with Crippen LogP contribution in [0.3, 0.4) is 0 Å². The average molecular weight is 442 g/mol. The molecule has 8 heteroatoms. The quantitative estimate of drug-likeness (QED) is 0.704. The molecule has 2 aromatic rings. The summed E-state index contributed by atoms with van der Waals surface area (Å²) in [4.78, 5) is 20.6. The molecule has 0 N–H and O–H groups in total. The Morgan fingerprint density at radius 2 is 1.72 bits per heavy atom. The van der Waals surface area contributed by atoms with Crippen LogP contribution in [0.25, 0.3) is 5.69 Å². The smallest absolute Gasteiger partial charge is 0.410 e. The lowest BCUT2D eigenvalue weighted by Crippen LogP contribution is -2.53. The first-order valence-corrected chi connectivity index (χ1v) is 11.7. The third kappa shape index (κ3) is 6.00. The summed E-state index contributed by atoms with van der Waals surface area (Å²) in [6, 6.07) is 8.60. The zero-order valence-corrected chi connectivity index (χ0v) is 19.4. The van der Waals surface area contributed by atoms with Crippen LogP contribution in [0.4, 0.5) is 4.79 Å². The summed E-state index contributed by atoms with van der Waals surface area (Å²) >= 11 is 0. The van der Waals surface area contributed by atoms with Gasteiger partial charge in [0, 0.05) is 32.2 Å². The molecular formula is C24H35N5O3. The van der Waals surface area contributed by atoms with E-state index < -0.39 is 5.60 Å². The van der Waals surface area contributed by atoms with E-state index in [1.807, 2.05) is 49.9 Å². The van der Waals surface area contributed by atoms with Crippen molar-refractivity contribution in [1.82, 2.24) is 24.6 Å². The molecule has 8 nitrogen and oxygen atoms in total. The third-order valence-electron chi connectivity index (χ3n) is 6.30. The molecule has 4 rings (SSSR count). The molecule has 1 aliphatic carbocycles. The number of ether oxygens (including phenoxy) is 2. The minimum absolute atomic E-state index is 0.188. The number of piperazine rings is 1. The SMILES string of the molecule is CC(C)(C)OC(=O)N1CCN([C@H]2CC[C@H](COc3ccc(-n4cncn4)cc3)CC2)CC1. The standard InChI is InChI=1S/C24H35N5O3/c1-24(2,3)32-23(30)28-14-12-27(13-15-28)20-6-4-19(5-7-20)16-31-22-10-8-21(9-11-22)29-18-25-17-26-29/h8-11,17-20H,4-7,12-16H2,1-3H3/t19-,20-. The number of nitrogens with zero attached hydrogens (tertiary/aromatic N) is 5. The molecule has 1 saturated carbocycles. The Kier molecular flexibility index (Phi) is 6.98. The molecule has 1 amide bonds. The molecule has 1 aliphatic heterocycles. The molecule has 1 aromatic carbocycles. The van der Waals surface area contributed by atoms with Crippen molar-refractivity contribution in [3.05, 3.63) is 36.9 Å². The van der Waals surface area contributed by atoms with Crippen LogP contribution < -0.4 is 4.74 Å². The Balaban J connectivity index is 1.16. The summed E-state index contributed by atoms with van der Waals surface area (Å²) in [5.74, 6) is 1.50. The molecule has 0 spiro atoms. The average Bonchev–Trinajstić information content (AvgIpc) is 3.32. The second-order valence-corrected chi connectivity index (χ2v) is 9.82. The molecule has 0 radical (unpaired) electrons. The van der Waals surface area contributed by atoms with Crippen LogP contribution in [0.1, 0.15) is 46.5 Å². The van der Waals surface area contributed by atoms with Crippen molar-refractivity contribution < 1.29 is 14.3 Å². The zero-order chi connectivity index (χ0) is 22.6. The fourth-order valence-corrected chi connectivity index (χ4v) is 4.52. The highest BCUT2D eigenvalue weighted by atomic mass is 16.6. The van der Waals surface area contributed by atoms with E-state index in [1.54, 1.807) is 11.0 Å². The predicted molar refractivity (Wildman–Crippen MR) is 122 cm³/mol. The Hall–Kier alpha value is -2.61. The maximum atomic E-state index is 12.3. The van der Waals surface area contributed by atoms with Crippen molar-refractivity contribution in [2.45, 2.75) is 58.1 Å². The maximum absolute atomic E-state index is 12.3. The van der Waals surface area contributed by atoms with Crippen molar-refractivity contribution in [1.29, 1.82) is 0 Å². The van der Waals surface area contributed by atoms with E-state index in [-0.39, 0.29) is 6.09 Å². The van der Waals surface area contributed by atoms with Gasteiger partial charge in [-0.1, -0.05) is 0 Å². The van der Waals surface area contributed by atoms with Crippen LogP contribution in [-0.2, 0) is 4.74 Å². The fraction of sp³-hybridized carbons (Fsp3) is 0.625. The number of aromatic nitrogens is 3. The van der Waals surface area contributed by atoms with Gasteiger partial charge in [0.05, 0.1) is 12.3 Å². The number of rotatable bonds is 5. The molecule has 32 heavy (non-hydrogen) atoms. The number of carbonyl (C=O) groups is 1. The Morgan fingerprint density at radius 1 is 1.03 bits per heavy atom. The van der Waals surface area contributed by atoms with E-state index >= 15 is 0 Å². The molecule has 0 atom stereocenters. The van der Waals surface area contributed by atoms with E-state index in [0.29, 0.717) is 12.0 Å². The van der Waals surface area contributed by atoms with Gasteiger partial charge in [-0.15, -0.1) is 0 Å². The lowest BCUT2D eigenvalue weighted by atomic mass is 9.85. The van der Waals surface area contributed by atoms with Gasteiger partial charge in [0.15, 0.2) is 0 Å². The normalized spacial score (nSPS) is 22.5. The van der Waals surface area contributed by atoms with Crippen LogP contribution >= 0.6 is 0 Å². The number of carbonyl (C=O) groups excluding carboxylic acids is 1. The second-order valence-electron chi connectivity index (χ2n) is 9.82. The van der Waals surface area contributed by atoms with Gasteiger partial charge in [-0.2, -0.15) is 5.10 Å². The summed E-state index contributed by atoms with van der Waals surface area (Å²) < 4.78 is 13.3. The van der Waals surface area contributed by atoms with Gasteiger partial charge in [-0.05, 0) is 76.6 Å². The maximum Gasteiger partial charge on any atom is 0.410 e. The Morgan fingerprint density at radius 3 is 2.31 bits per heavy atom. The first kappa shape index (κ1) is 22.6. The van der Waals surface area contributed by atoms with Gasteiger partial charge >= 0.3 is 6.09 Å². The molecule has 0 bridgehead atoms. The van der Waals surface area contributed by atoms with Gasteiger partial charge in [0.25, 0.3) is 0 Å². The summed E-state index contributed by atoms with van der Waals surface area (Å²) in [5, 5.41) is 4.14. The molecule has 2 aliphatic rings. The van der Waals surface area contributed by atoms with Crippen LogP contribution in [0.2, 0.25) is 0 Å². The van der Waals surface area contributed by atoms with Gasteiger partial charge in [-0.3, -0.25) is 4.90 Å². The van der Waals surface area contributed by atoms with E-state index in [4.69, 9.17) is 9.47 Å². The molecule has 0 unspecified atom stereocenters. The molecule has 1 saturated heterocycles. The molecule has 174 valence electrons.